The van der Waals surface area contributed by atoms with Crippen molar-refractivity contribution in [1.29, 1.82) is 0 Å². The van der Waals surface area contributed by atoms with Crippen LogP contribution in [0.3, 0.4) is 0 Å². The molecule has 1 aromatic heterocycles. The van der Waals surface area contributed by atoms with E-state index in [1.165, 1.54) is 17.7 Å². The number of carbonyl (C=O) groups is 1. The van der Waals surface area contributed by atoms with Gasteiger partial charge in [0.05, 0.1) is 15.6 Å². The van der Waals surface area contributed by atoms with Crippen LogP contribution >= 0.6 is 23.2 Å². The number of nitro benzene ring substituents is 1. The molecule has 7 nitrogen and oxygen atoms in total. The monoisotopic (exact) mass is 525 g/mol. The Kier molecular flexibility index (Phi) is 11.4. The maximum atomic E-state index is 10.9. The van der Waals surface area contributed by atoms with Gasteiger partial charge in [0, 0.05) is 35.5 Å². The fourth-order valence-electron chi connectivity index (χ4n) is 3.22. The lowest BCUT2D eigenvalue weighted by atomic mass is 10.1. The summed E-state index contributed by atoms with van der Waals surface area (Å²) in [4.78, 5) is 23.6. The molecule has 0 radical (unpaired) electrons. The van der Waals surface area contributed by atoms with Crippen LogP contribution in [0.4, 0.5) is 5.69 Å². The van der Waals surface area contributed by atoms with Gasteiger partial charge < -0.3 is 9.67 Å². The number of non-ortho nitro benzene ring substituents is 1. The number of carboxylic acid groups (broad SMARTS) is 1. The molecule has 1 heterocycles. The number of allylic oxidation sites excluding steroid dienone is 5. The summed E-state index contributed by atoms with van der Waals surface area (Å²) in [5.41, 5.74) is 3.56. The van der Waals surface area contributed by atoms with Crippen LogP contribution in [0.1, 0.15) is 24.7 Å². The standard InChI is InChI=1S/C26H23Cl2N3O2.CH2O2/c1-3-5-7-20(6-4-2)17-30-18-25(23-14-11-21(27)16-24(23)28)29-26(30)15-10-19-8-12-22(13-9-19)31(32)33;2-1-3/h3-5,7-16,18H,2,6,17H2,1H3;1H,(H,2,3)/b5-3+,15-10+,20-7+;. The van der Waals surface area contributed by atoms with Crippen LogP contribution in [0, 0.1) is 10.1 Å². The molecule has 1 N–H and O–H groups in total. The predicted octanol–water partition coefficient (Wildman–Crippen LogP) is 7.71. The van der Waals surface area contributed by atoms with Gasteiger partial charge in [0.25, 0.3) is 12.2 Å². The minimum Gasteiger partial charge on any atom is -0.483 e. The quantitative estimate of drug-likeness (QED) is 0.101. The second-order valence-electron chi connectivity index (χ2n) is 7.37. The van der Waals surface area contributed by atoms with Crippen LogP contribution in [-0.2, 0) is 11.3 Å². The van der Waals surface area contributed by atoms with E-state index < -0.39 is 4.92 Å². The highest BCUT2D eigenvalue weighted by Gasteiger charge is 2.12. The van der Waals surface area contributed by atoms with Crippen molar-refractivity contribution in [2.24, 2.45) is 0 Å². The molecular weight excluding hydrogens is 501 g/mol. The number of hydrogen-bond acceptors (Lipinski definition) is 4. The second-order valence-corrected chi connectivity index (χ2v) is 8.21. The summed E-state index contributed by atoms with van der Waals surface area (Å²) in [6.45, 7) is 6.20. The highest BCUT2D eigenvalue weighted by atomic mass is 35.5. The Morgan fingerprint density at radius 2 is 1.89 bits per heavy atom. The van der Waals surface area contributed by atoms with Gasteiger partial charge in [0.2, 0.25) is 0 Å². The zero-order valence-electron chi connectivity index (χ0n) is 19.6. The van der Waals surface area contributed by atoms with Gasteiger partial charge in [0.1, 0.15) is 5.82 Å². The van der Waals surface area contributed by atoms with Crippen molar-refractivity contribution in [2.75, 3.05) is 0 Å². The highest BCUT2D eigenvalue weighted by molar-refractivity contribution is 6.36. The first-order valence-corrected chi connectivity index (χ1v) is 11.5. The Morgan fingerprint density at radius 3 is 2.47 bits per heavy atom. The van der Waals surface area contributed by atoms with Gasteiger partial charge in [-0.25, -0.2) is 4.98 Å². The van der Waals surface area contributed by atoms with E-state index in [1.54, 1.807) is 24.3 Å². The molecule has 3 rings (SSSR count). The Balaban J connectivity index is 0.00000145. The van der Waals surface area contributed by atoms with E-state index in [-0.39, 0.29) is 12.2 Å². The van der Waals surface area contributed by atoms with Gasteiger partial charge in [-0.15, -0.1) is 6.58 Å². The van der Waals surface area contributed by atoms with E-state index in [1.807, 2.05) is 54.1 Å². The molecular formula is C27H25Cl2N3O4. The first-order valence-electron chi connectivity index (χ1n) is 10.8. The Labute approximate surface area is 219 Å². The molecule has 0 aliphatic carbocycles. The molecule has 0 amide bonds. The molecule has 3 aromatic rings. The number of benzene rings is 2. The number of aromatic nitrogens is 2. The van der Waals surface area contributed by atoms with E-state index in [0.29, 0.717) is 16.6 Å². The average Bonchev–Trinajstić information content (AvgIpc) is 3.24. The van der Waals surface area contributed by atoms with Crippen molar-refractivity contribution in [1.82, 2.24) is 9.55 Å². The van der Waals surface area contributed by atoms with Gasteiger partial charge in [-0.3, -0.25) is 14.9 Å². The third kappa shape index (κ3) is 8.37. The summed E-state index contributed by atoms with van der Waals surface area (Å²) in [7, 11) is 0. The van der Waals surface area contributed by atoms with E-state index in [2.05, 4.69) is 12.7 Å². The van der Waals surface area contributed by atoms with Crippen molar-refractivity contribution in [3.05, 3.63) is 117 Å². The molecule has 0 aliphatic rings. The highest BCUT2D eigenvalue weighted by Crippen LogP contribution is 2.30. The molecule has 36 heavy (non-hydrogen) atoms. The maximum absolute atomic E-state index is 10.9. The number of halogens is 2. The summed E-state index contributed by atoms with van der Waals surface area (Å²) in [5, 5.41) is 18.9. The third-order valence-corrected chi connectivity index (χ3v) is 5.40. The zero-order valence-corrected chi connectivity index (χ0v) is 21.1. The molecule has 0 atom stereocenters. The first-order chi connectivity index (χ1) is 17.3. The summed E-state index contributed by atoms with van der Waals surface area (Å²) in [6.07, 6.45) is 14.4. The molecule has 2 aromatic carbocycles. The van der Waals surface area contributed by atoms with E-state index in [9.17, 15) is 10.1 Å². The first kappa shape index (κ1) is 28.3. The zero-order chi connectivity index (χ0) is 26.5. The molecule has 0 bridgehead atoms. The Hall–Kier alpha value is -3.94. The third-order valence-electron chi connectivity index (χ3n) is 4.85. The fraction of sp³-hybridized carbons (Fsp3) is 0.111. The summed E-state index contributed by atoms with van der Waals surface area (Å²) >= 11 is 12.5. The number of rotatable bonds is 9. The van der Waals surface area contributed by atoms with Crippen molar-refractivity contribution >= 4 is 47.5 Å². The molecule has 9 heteroatoms. The molecule has 0 saturated carbocycles. The average molecular weight is 526 g/mol. The SMILES string of the molecule is C=CC/C(=C\C=C\C)Cn1cc(-c2ccc(Cl)cc2Cl)nc1/C=C/c1ccc([N+](=O)[O-])cc1.O=CO. The molecule has 0 unspecified atom stereocenters. The minimum atomic E-state index is -0.416. The van der Waals surface area contributed by atoms with Gasteiger partial charge in [-0.1, -0.05) is 53.6 Å². The minimum absolute atomic E-state index is 0.0523. The Bertz CT molecular complexity index is 1290. The van der Waals surface area contributed by atoms with Crippen molar-refractivity contribution in [3.63, 3.8) is 0 Å². The van der Waals surface area contributed by atoms with Crippen LogP contribution in [0.25, 0.3) is 23.4 Å². The lowest BCUT2D eigenvalue weighted by Crippen LogP contribution is -2.02. The molecule has 0 saturated heterocycles. The van der Waals surface area contributed by atoms with Crippen LogP contribution in [-0.4, -0.2) is 26.1 Å². The number of nitrogens with zero attached hydrogens (tertiary/aromatic N) is 3. The molecule has 186 valence electrons. The maximum Gasteiger partial charge on any atom is 0.290 e. The molecule has 0 spiro atoms. The summed E-state index contributed by atoms with van der Waals surface area (Å²) < 4.78 is 2.04. The van der Waals surface area contributed by atoms with Gasteiger partial charge in [-0.05, 0) is 60.9 Å². The number of hydrogen-bond donors (Lipinski definition) is 1. The largest absolute Gasteiger partial charge is 0.483 e. The van der Waals surface area contributed by atoms with E-state index >= 15 is 0 Å². The van der Waals surface area contributed by atoms with Crippen molar-refractivity contribution in [3.8, 4) is 11.3 Å². The number of nitro groups is 1. The summed E-state index contributed by atoms with van der Waals surface area (Å²) in [6, 6.07) is 11.7. The van der Waals surface area contributed by atoms with Crippen LogP contribution < -0.4 is 0 Å². The van der Waals surface area contributed by atoms with Crippen molar-refractivity contribution < 1.29 is 14.8 Å². The lowest BCUT2D eigenvalue weighted by Gasteiger charge is -2.08. The second kappa shape index (κ2) is 14.5. The van der Waals surface area contributed by atoms with Crippen molar-refractivity contribution in [2.45, 2.75) is 19.9 Å². The lowest BCUT2D eigenvalue weighted by molar-refractivity contribution is -0.384. The van der Waals surface area contributed by atoms with E-state index in [0.717, 1.165) is 29.1 Å². The molecule has 0 aliphatic heterocycles. The summed E-state index contributed by atoms with van der Waals surface area (Å²) in [5.74, 6) is 0.727. The van der Waals surface area contributed by atoms with Crippen LogP contribution in [0.2, 0.25) is 10.0 Å². The smallest absolute Gasteiger partial charge is 0.290 e. The fourth-order valence-corrected chi connectivity index (χ4v) is 3.72. The van der Waals surface area contributed by atoms with Gasteiger partial charge in [-0.2, -0.15) is 0 Å². The topological polar surface area (TPSA) is 98.3 Å². The molecule has 0 fully saturated rings. The normalized spacial score (nSPS) is 11.4. The van der Waals surface area contributed by atoms with Gasteiger partial charge >= 0.3 is 0 Å². The number of imidazole rings is 1. The van der Waals surface area contributed by atoms with Gasteiger partial charge in [0.15, 0.2) is 0 Å². The van der Waals surface area contributed by atoms with E-state index in [4.69, 9.17) is 38.1 Å². The predicted molar refractivity (Wildman–Crippen MR) is 146 cm³/mol. The Morgan fingerprint density at radius 1 is 1.19 bits per heavy atom. The van der Waals surface area contributed by atoms with Crippen LogP contribution in [0.15, 0.2) is 85.1 Å². The van der Waals surface area contributed by atoms with Crippen LogP contribution in [0.5, 0.6) is 0 Å².